The summed E-state index contributed by atoms with van der Waals surface area (Å²) in [5, 5.41) is 19.1. The quantitative estimate of drug-likeness (QED) is 0.617. The number of likely N-dealkylation sites (tertiary alicyclic amines) is 1. The lowest BCUT2D eigenvalue weighted by molar-refractivity contribution is 0.174. The molecule has 0 aromatic carbocycles. The second kappa shape index (κ2) is 7.89. The number of hydrogen-bond acceptors (Lipinski definition) is 8. The summed E-state index contributed by atoms with van der Waals surface area (Å²) >= 11 is 1.57. The SMILES string of the molecule is CSc1nccc(N2CCC(n3cc(CN4CCC(O)C4)nn3)CC2)n1. The summed E-state index contributed by atoms with van der Waals surface area (Å²) < 4.78 is 2.02. The van der Waals surface area contributed by atoms with Crippen molar-refractivity contribution in [1.29, 1.82) is 0 Å². The van der Waals surface area contributed by atoms with E-state index in [-0.39, 0.29) is 6.10 Å². The molecule has 8 nitrogen and oxygen atoms in total. The minimum Gasteiger partial charge on any atom is -0.392 e. The maximum Gasteiger partial charge on any atom is 0.189 e. The molecule has 2 saturated heterocycles. The van der Waals surface area contributed by atoms with Crippen LogP contribution in [-0.4, -0.2) is 73.5 Å². The Morgan fingerprint density at radius 3 is 2.81 bits per heavy atom. The van der Waals surface area contributed by atoms with Gasteiger partial charge in [0.2, 0.25) is 0 Å². The minimum absolute atomic E-state index is 0.192. The Morgan fingerprint density at radius 1 is 1.23 bits per heavy atom. The van der Waals surface area contributed by atoms with Crippen LogP contribution in [0.2, 0.25) is 0 Å². The van der Waals surface area contributed by atoms with E-state index in [1.54, 1.807) is 11.8 Å². The first-order valence-electron chi connectivity index (χ1n) is 9.14. The number of aromatic nitrogens is 5. The fourth-order valence-corrected chi connectivity index (χ4v) is 4.07. The largest absolute Gasteiger partial charge is 0.392 e. The first kappa shape index (κ1) is 17.7. The van der Waals surface area contributed by atoms with Crippen molar-refractivity contribution < 1.29 is 5.11 Å². The molecule has 0 bridgehead atoms. The Balaban J connectivity index is 1.33. The van der Waals surface area contributed by atoms with Crippen molar-refractivity contribution in [3.8, 4) is 0 Å². The molecule has 2 aromatic heterocycles. The standard InChI is InChI=1S/C17H25N7OS/c1-26-17-18-6-2-16(19-17)23-8-3-14(4-9-23)24-11-13(20-21-24)10-22-7-5-15(25)12-22/h2,6,11,14-15,25H,3-5,7-10,12H2,1H3. The second-order valence-electron chi connectivity index (χ2n) is 6.99. The van der Waals surface area contributed by atoms with Crippen LogP contribution < -0.4 is 4.90 Å². The first-order chi connectivity index (χ1) is 12.7. The Bertz CT molecular complexity index is 731. The van der Waals surface area contributed by atoms with Crippen molar-refractivity contribution in [1.82, 2.24) is 29.9 Å². The second-order valence-corrected chi connectivity index (χ2v) is 7.76. The molecule has 4 rings (SSSR count). The number of anilines is 1. The molecule has 1 atom stereocenters. The predicted octanol–water partition coefficient (Wildman–Crippen LogP) is 1.20. The van der Waals surface area contributed by atoms with Gasteiger partial charge in [0.05, 0.1) is 24.0 Å². The van der Waals surface area contributed by atoms with Gasteiger partial charge in [-0.15, -0.1) is 5.10 Å². The zero-order chi connectivity index (χ0) is 17.9. The highest BCUT2D eigenvalue weighted by Crippen LogP contribution is 2.26. The molecule has 1 unspecified atom stereocenters. The van der Waals surface area contributed by atoms with E-state index >= 15 is 0 Å². The number of β-amino-alcohol motifs (C(OH)–C–C–N with tert-alkyl or cyclic N) is 1. The lowest BCUT2D eigenvalue weighted by atomic mass is 10.1. The topological polar surface area (TPSA) is 83.2 Å². The lowest BCUT2D eigenvalue weighted by Gasteiger charge is -2.32. The molecule has 0 radical (unpaired) electrons. The summed E-state index contributed by atoms with van der Waals surface area (Å²) in [4.78, 5) is 13.4. The third-order valence-corrected chi connectivity index (χ3v) is 5.72. The molecule has 9 heteroatoms. The number of hydrogen-bond donors (Lipinski definition) is 1. The smallest absolute Gasteiger partial charge is 0.189 e. The molecule has 0 saturated carbocycles. The Morgan fingerprint density at radius 2 is 2.08 bits per heavy atom. The van der Waals surface area contributed by atoms with E-state index in [0.29, 0.717) is 6.04 Å². The van der Waals surface area contributed by atoms with E-state index in [1.165, 1.54) is 0 Å². The van der Waals surface area contributed by atoms with E-state index in [9.17, 15) is 5.11 Å². The molecule has 0 amide bonds. The molecule has 2 aliphatic rings. The van der Waals surface area contributed by atoms with Gasteiger partial charge in [-0.05, 0) is 31.6 Å². The van der Waals surface area contributed by atoms with Crippen molar-refractivity contribution in [2.45, 2.75) is 43.1 Å². The molecule has 2 aliphatic heterocycles. The molecule has 0 aliphatic carbocycles. The van der Waals surface area contributed by atoms with Gasteiger partial charge >= 0.3 is 0 Å². The van der Waals surface area contributed by atoms with Crippen molar-refractivity contribution in [3.63, 3.8) is 0 Å². The third kappa shape index (κ3) is 3.99. The average Bonchev–Trinajstić information content (AvgIpc) is 3.31. The van der Waals surface area contributed by atoms with Gasteiger partial charge in [0.15, 0.2) is 5.16 Å². The molecule has 0 spiro atoms. The number of aliphatic hydroxyl groups excluding tert-OH is 1. The monoisotopic (exact) mass is 375 g/mol. The molecule has 2 fully saturated rings. The van der Waals surface area contributed by atoms with Crippen LogP contribution in [0.15, 0.2) is 23.6 Å². The van der Waals surface area contributed by atoms with Crippen LogP contribution in [0.4, 0.5) is 5.82 Å². The van der Waals surface area contributed by atoms with Gasteiger partial charge in [0.1, 0.15) is 5.82 Å². The molecule has 1 N–H and O–H groups in total. The maximum atomic E-state index is 9.64. The summed E-state index contributed by atoms with van der Waals surface area (Å²) in [6.45, 7) is 4.37. The fourth-order valence-electron chi connectivity index (χ4n) is 3.72. The van der Waals surface area contributed by atoms with Crippen LogP contribution >= 0.6 is 11.8 Å². The molecular formula is C17H25N7OS. The van der Waals surface area contributed by atoms with Crippen molar-refractivity contribution >= 4 is 17.6 Å². The fraction of sp³-hybridized carbons (Fsp3) is 0.647. The average molecular weight is 376 g/mol. The van der Waals surface area contributed by atoms with Gasteiger partial charge in [-0.3, -0.25) is 4.90 Å². The normalized spacial score (nSPS) is 22.2. The van der Waals surface area contributed by atoms with E-state index in [2.05, 4.69) is 36.3 Å². The predicted molar refractivity (Wildman–Crippen MR) is 100 cm³/mol. The van der Waals surface area contributed by atoms with Crippen LogP contribution in [-0.2, 0) is 6.54 Å². The van der Waals surface area contributed by atoms with Crippen LogP contribution in [0, 0.1) is 0 Å². The van der Waals surface area contributed by atoms with E-state index < -0.39 is 0 Å². The van der Waals surface area contributed by atoms with Crippen LogP contribution in [0.3, 0.4) is 0 Å². The van der Waals surface area contributed by atoms with Crippen molar-refractivity contribution in [2.75, 3.05) is 37.3 Å². The molecule has 4 heterocycles. The number of thioether (sulfide) groups is 1. The minimum atomic E-state index is -0.192. The highest BCUT2D eigenvalue weighted by atomic mass is 32.2. The summed E-state index contributed by atoms with van der Waals surface area (Å²) in [5.41, 5.74) is 0.988. The molecule has 2 aromatic rings. The third-order valence-electron chi connectivity index (χ3n) is 5.15. The summed E-state index contributed by atoms with van der Waals surface area (Å²) in [5.74, 6) is 1.01. The van der Waals surface area contributed by atoms with Gasteiger partial charge in [-0.25, -0.2) is 14.6 Å². The van der Waals surface area contributed by atoms with Gasteiger partial charge < -0.3 is 10.0 Å². The molecular weight excluding hydrogens is 350 g/mol. The summed E-state index contributed by atoms with van der Waals surface area (Å²) in [6.07, 6.45) is 8.63. The maximum absolute atomic E-state index is 9.64. The van der Waals surface area contributed by atoms with Crippen LogP contribution in [0.5, 0.6) is 0 Å². The zero-order valence-electron chi connectivity index (χ0n) is 15.0. The Hall–Kier alpha value is -1.71. The highest BCUT2D eigenvalue weighted by molar-refractivity contribution is 7.98. The number of aliphatic hydroxyl groups is 1. The first-order valence-corrected chi connectivity index (χ1v) is 10.4. The number of nitrogens with zero attached hydrogens (tertiary/aromatic N) is 7. The van der Waals surface area contributed by atoms with Gasteiger partial charge in [-0.1, -0.05) is 17.0 Å². The number of rotatable bonds is 5. The lowest BCUT2D eigenvalue weighted by Crippen LogP contribution is -2.35. The summed E-state index contributed by atoms with van der Waals surface area (Å²) in [6, 6.07) is 2.37. The van der Waals surface area contributed by atoms with Crippen molar-refractivity contribution in [2.24, 2.45) is 0 Å². The Kier molecular flexibility index (Phi) is 5.37. The molecule has 140 valence electrons. The van der Waals surface area contributed by atoms with E-state index in [1.807, 2.05) is 23.2 Å². The van der Waals surface area contributed by atoms with Crippen molar-refractivity contribution in [3.05, 3.63) is 24.2 Å². The van der Waals surface area contributed by atoms with Crippen LogP contribution in [0.25, 0.3) is 0 Å². The zero-order valence-corrected chi connectivity index (χ0v) is 15.8. The highest BCUT2D eigenvalue weighted by Gasteiger charge is 2.24. The van der Waals surface area contributed by atoms with Crippen LogP contribution in [0.1, 0.15) is 31.0 Å². The Labute approximate surface area is 157 Å². The molecule has 26 heavy (non-hydrogen) atoms. The van der Waals surface area contributed by atoms with Gasteiger partial charge in [0.25, 0.3) is 0 Å². The summed E-state index contributed by atoms with van der Waals surface area (Å²) in [7, 11) is 0. The van der Waals surface area contributed by atoms with Gasteiger partial charge in [0, 0.05) is 38.9 Å². The number of piperidine rings is 1. The van der Waals surface area contributed by atoms with E-state index in [0.717, 1.165) is 68.7 Å². The van der Waals surface area contributed by atoms with E-state index in [4.69, 9.17) is 0 Å². The van der Waals surface area contributed by atoms with Gasteiger partial charge in [-0.2, -0.15) is 0 Å².